The number of hydrogen-bond acceptors (Lipinski definition) is 4. The van der Waals surface area contributed by atoms with Gasteiger partial charge in [-0.1, -0.05) is 0 Å². The summed E-state index contributed by atoms with van der Waals surface area (Å²) in [4.78, 5) is 31.9. The molecule has 0 aliphatic carbocycles. The number of aryl methyl sites for hydroxylation is 1. The molecule has 1 saturated heterocycles. The van der Waals surface area contributed by atoms with Crippen LogP contribution >= 0.6 is 0 Å². The van der Waals surface area contributed by atoms with Gasteiger partial charge in [0, 0.05) is 38.3 Å². The Morgan fingerprint density at radius 3 is 2.82 bits per heavy atom. The lowest BCUT2D eigenvalue weighted by atomic mass is 9.96. The number of nitrogens with zero attached hydrogens (tertiary/aromatic N) is 4. The lowest BCUT2D eigenvalue weighted by Crippen LogP contribution is -2.45. The maximum atomic E-state index is 14.9. The fourth-order valence-electron chi connectivity index (χ4n) is 3.89. The Kier molecular flexibility index (Phi) is 4.56. The van der Waals surface area contributed by atoms with Gasteiger partial charge in [0.05, 0.1) is 5.69 Å². The highest BCUT2D eigenvalue weighted by Crippen LogP contribution is 2.41. The van der Waals surface area contributed by atoms with Crippen LogP contribution in [0.25, 0.3) is 0 Å². The van der Waals surface area contributed by atoms with Crippen LogP contribution in [0.4, 0.5) is 10.1 Å². The van der Waals surface area contributed by atoms with Gasteiger partial charge in [-0.2, -0.15) is 0 Å². The summed E-state index contributed by atoms with van der Waals surface area (Å²) in [6, 6.07) is 3.29. The lowest BCUT2D eigenvalue weighted by Gasteiger charge is -2.34. The Bertz CT molecular complexity index is 942. The second-order valence-electron chi connectivity index (χ2n) is 7.41. The molecule has 3 heterocycles. The quantitative estimate of drug-likeness (QED) is 0.813. The molecule has 0 saturated carbocycles. The Balaban J connectivity index is 1.72. The van der Waals surface area contributed by atoms with Crippen molar-refractivity contribution in [1.82, 2.24) is 14.5 Å². The van der Waals surface area contributed by atoms with Gasteiger partial charge in [0.2, 0.25) is 5.91 Å². The fraction of sp³-hybridized carbons (Fsp3) is 0.450. The van der Waals surface area contributed by atoms with Crippen LogP contribution in [0.2, 0.25) is 0 Å². The van der Waals surface area contributed by atoms with Crippen molar-refractivity contribution in [3.8, 4) is 5.75 Å². The molecule has 2 aromatic rings. The highest BCUT2D eigenvalue weighted by molar-refractivity contribution is 5.99. The number of amides is 2. The average Bonchev–Trinajstić information content (AvgIpc) is 3.29. The number of fused-ring (bicyclic) bond motifs is 1. The maximum absolute atomic E-state index is 14.9. The van der Waals surface area contributed by atoms with E-state index in [0.717, 1.165) is 17.8 Å². The van der Waals surface area contributed by atoms with Gasteiger partial charge in [-0.15, -0.1) is 0 Å². The summed E-state index contributed by atoms with van der Waals surface area (Å²) in [5.41, 5.74) is 1.20. The highest BCUT2D eigenvalue weighted by Gasteiger charge is 2.35. The van der Waals surface area contributed by atoms with Crippen LogP contribution in [0.3, 0.4) is 0 Å². The average molecular weight is 386 g/mol. The van der Waals surface area contributed by atoms with E-state index < -0.39 is 11.9 Å². The van der Waals surface area contributed by atoms with Crippen LogP contribution in [0, 0.1) is 12.7 Å². The minimum Gasteiger partial charge on any atom is -0.476 e. The third-order valence-corrected chi connectivity index (χ3v) is 5.57. The molecule has 148 valence electrons. The van der Waals surface area contributed by atoms with E-state index in [1.54, 1.807) is 36.0 Å². The third-order valence-electron chi connectivity index (χ3n) is 5.57. The monoisotopic (exact) mass is 386 g/mol. The number of anilines is 1. The van der Waals surface area contributed by atoms with Crippen molar-refractivity contribution in [1.29, 1.82) is 0 Å². The second-order valence-corrected chi connectivity index (χ2v) is 7.41. The fourth-order valence-corrected chi connectivity index (χ4v) is 3.89. The smallest absolute Gasteiger partial charge is 0.269 e. The molecule has 0 N–H and O–H groups in total. The molecule has 7 nitrogen and oxygen atoms in total. The molecule has 2 aliphatic heterocycles. The molecule has 2 atom stereocenters. The number of rotatable bonds is 3. The SMILES string of the molecule is CC(=O)N1CCC(c2cc(F)c3c(c2)N(Cn2ccnc2C)C(=O)[C@@H](C)O3)C1. The molecule has 0 radical (unpaired) electrons. The zero-order chi connectivity index (χ0) is 20.0. The summed E-state index contributed by atoms with van der Waals surface area (Å²) in [6.45, 7) is 6.45. The molecule has 0 spiro atoms. The van der Waals surface area contributed by atoms with Crippen molar-refractivity contribution in [2.45, 2.75) is 45.9 Å². The summed E-state index contributed by atoms with van der Waals surface area (Å²) in [5.74, 6) is 0.197. The molecule has 2 aliphatic rings. The van der Waals surface area contributed by atoms with Gasteiger partial charge >= 0.3 is 0 Å². The predicted octanol–water partition coefficient (Wildman–Crippen LogP) is 2.44. The van der Waals surface area contributed by atoms with Crippen molar-refractivity contribution in [3.05, 3.63) is 41.7 Å². The molecule has 1 unspecified atom stereocenters. The van der Waals surface area contributed by atoms with E-state index in [9.17, 15) is 14.0 Å². The number of hydrogen-bond donors (Lipinski definition) is 0. The van der Waals surface area contributed by atoms with Crippen LogP contribution < -0.4 is 9.64 Å². The minimum absolute atomic E-state index is 0.0190. The van der Waals surface area contributed by atoms with E-state index >= 15 is 0 Å². The number of ether oxygens (including phenoxy) is 1. The number of imidazole rings is 1. The Morgan fingerprint density at radius 1 is 1.39 bits per heavy atom. The Hall–Kier alpha value is -2.90. The zero-order valence-electron chi connectivity index (χ0n) is 16.2. The van der Waals surface area contributed by atoms with Gasteiger partial charge < -0.3 is 14.2 Å². The summed E-state index contributed by atoms with van der Waals surface area (Å²) in [5, 5.41) is 0. The molecule has 1 fully saturated rings. The summed E-state index contributed by atoms with van der Waals surface area (Å²) >= 11 is 0. The first-order valence-corrected chi connectivity index (χ1v) is 9.40. The van der Waals surface area contributed by atoms with Crippen molar-refractivity contribution in [3.63, 3.8) is 0 Å². The normalized spacial score (nSPS) is 21.6. The van der Waals surface area contributed by atoms with Gasteiger partial charge in [-0.05, 0) is 38.0 Å². The summed E-state index contributed by atoms with van der Waals surface area (Å²) in [7, 11) is 0. The maximum Gasteiger partial charge on any atom is 0.269 e. The standard InChI is InChI=1S/C20H23FN4O3/c1-12-20(27)25(11-24-7-5-22-13(24)2)18-9-16(8-17(21)19(18)28-12)15-4-6-23(10-15)14(3)26/h5,7-9,12,15H,4,6,10-11H2,1-3H3/t12-,15?/m1/s1. The molecule has 4 rings (SSSR count). The Labute approximate surface area is 162 Å². The van der Waals surface area contributed by atoms with E-state index in [1.807, 2.05) is 17.6 Å². The zero-order valence-corrected chi connectivity index (χ0v) is 16.2. The van der Waals surface area contributed by atoms with E-state index in [2.05, 4.69) is 4.98 Å². The topological polar surface area (TPSA) is 67.7 Å². The first-order valence-electron chi connectivity index (χ1n) is 9.40. The lowest BCUT2D eigenvalue weighted by molar-refractivity contribution is -0.128. The van der Waals surface area contributed by atoms with Crippen LogP contribution in [0.5, 0.6) is 5.75 Å². The molecule has 0 bridgehead atoms. The molecule has 28 heavy (non-hydrogen) atoms. The van der Waals surface area contributed by atoms with Gasteiger partial charge in [0.15, 0.2) is 17.7 Å². The van der Waals surface area contributed by atoms with Crippen molar-refractivity contribution < 1.29 is 18.7 Å². The van der Waals surface area contributed by atoms with Crippen LogP contribution in [-0.4, -0.2) is 45.5 Å². The van der Waals surface area contributed by atoms with Crippen LogP contribution in [0.1, 0.15) is 37.6 Å². The molecule has 1 aromatic carbocycles. The van der Waals surface area contributed by atoms with Crippen LogP contribution in [-0.2, 0) is 16.3 Å². The molecular formula is C20H23FN4O3. The largest absolute Gasteiger partial charge is 0.476 e. The number of aromatic nitrogens is 2. The van der Waals surface area contributed by atoms with E-state index in [0.29, 0.717) is 18.8 Å². The highest BCUT2D eigenvalue weighted by atomic mass is 19.1. The second kappa shape index (κ2) is 6.92. The first kappa shape index (κ1) is 18.5. The summed E-state index contributed by atoms with van der Waals surface area (Å²) < 4.78 is 22.3. The molecular weight excluding hydrogens is 363 g/mol. The van der Waals surface area contributed by atoms with Gasteiger partial charge in [0.1, 0.15) is 12.5 Å². The van der Waals surface area contributed by atoms with Crippen molar-refractivity contribution >= 4 is 17.5 Å². The Morgan fingerprint density at radius 2 is 2.18 bits per heavy atom. The molecule has 1 aromatic heterocycles. The van der Waals surface area contributed by atoms with Crippen molar-refractivity contribution in [2.24, 2.45) is 0 Å². The first-order chi connectivity index (χ1) is 13.3. The number of halogens is 1. The third kappa shape index (κ3) is 3.12. The van der Waals surface area contributed by atoms with Crippen LogP contribution in [0.15, 0.2) is 24.5 Å². The van der Waals surface area contributed by atoms with Gasteiger partial charge in [0.25, 0.3) is 5.91 Å². The van der Waals surface area contributed by atoms with Crippen molar-refractivity contribution in [2.75, 3.05) is 18.0 Å². The van der Waals surface area contributed by atoms with E-state index in [-0.39, 0.29) is 30.2 Å². The number of carbonyl (C=O) groups excluding carboxylic acids is 2. The minimum atomic E-state index is -0.767. The van der Waals surface area contributed by atoms with E-state index in [1.165, 1.54) is 6.07 Å². The number of benzene rings is 1. The molecule has 8 heteroatoms. The van der Waals surface area contributed by atoms with E-state index in [4.69, 9.17) is 4.74 Å². The predicted molar refractivity (Wildman–Crippen MR) is 101 cm³/mol. The molecule has 2 amide bonds. The van der Waals surface area contributed by atoms with Gasteiger partial charge in [-0.3, -0.25) is 14.5 Å². The number of likely N-dealkylation sites (tertiary alicyclic amines) is 1. The summed E-state index contributed by atoms with van der Waals surface area (Å²) in [6.07, 6.45) is 3.45. The number of carbonyl (C=O) groups is 2. The van der Waals surface area contributed by atoms with Gasteiger partial charge in [-0.25, -0.2) is 9.37 Å².